The molecule has 0 N–H and O–H groups in total. The van der Waals surface area contributed by atoms with Gasteiger partial charge in [-0.05, 0) is 25.5 Å². The van der Waals surface area contributed by atoms with Crippen LogP contribution < -0.4 is 4.90 Å². The summed E-state index contributed by atoms with van der Waals surface area (Å²) in [5, 5.41) is 9.22. The molecule has 2 atom stereocenters. The zero-order valence-corrected chi connectivity index (χ0v) is 14.4. The number of ether oxygens (including phenoxy) is 1. The van der Waals surface area contributed by atoms with Crippen LogP contribution in [0.15, 0.2) is 24.5 Å². The van der Waals surface area contributed by atoms with Crippen molar-refractivity contribution >= 4 is 22.7 Å². The summed E-state index contributed by atoms with van der Waals surface area (Å²) in [5.41, 5.74) is -2.33. The Morgan fingerprint density at radius 3 is 2.63 bits per heavy atom. The fraction of sp³-hybridized carbons (Fsp3) is 0.444. The molecule has 0 bridgehead atoms. The number of nitrogens with zero attached hydrogens (tertiary/aromatic N) is 4. The fourth-order valence-corrected chi connectivity index (χ4v) is 4.21. The maximum absolute atomic E-state index is 13.8. The second-order valence-corrected chi connectivity index (χ2v) is 6.91. The Morgan fingerprint density at radius 1 is 1.30 bits per heavy atom. The smallest absolute Gasteiger partial charge is 0.397 e. The van der Waals surface area contributed by atoms with E-state index in [1.54, 1.807) is 13.0 Å². The van der Waals surface area contributed by atoms with Crippen LogP contribution in [-0.4, -0.2) is 41.8 Å². The number of esters is 1. The van der Waals surface area contributed by atoms with E-state index in [1.807, 2.05) is 6.07 Å². The number of hydrogen-bond acceptors (Lipinski definition) is 6. The van der Waals surface area contributed by atoms with Gasteiger partial charge in [0.25, 0.3) is 0 Å². The standard InChI is InChI=1S/C18H15F3N4O2/c1-2-27-15(26)16-8-17(16,18(19,20)21)10-25(9-16)12-4-3-11(7-22)13-14(12)24-6-5-23-13/h3-6H,2,8-10H2,1H3. The molecule has 2 aromatic rings. The van der Waals surface area contributed by atoms with Crippen molar-refractivity contribution in [2.75, 3.05) is 24.6 Å². The molecule has 1 aromatic carbocycles. The van der Waals surface area contributed by atoms with Gasteiger partial charge < -0.3 is 9.64 Å². The quantitative estimate of drug-likeness (QED) is 0.767. The summed E-state index contributed by atoms with van der Waals surface area (Å²) < 4.78 is 46.5. The fourth-order valence-electron chi connectivity index (χ4n) is 4.21. The molecule has 9 heteroatoms. The zero-order chi connectivity index (χ0) is 19.4. The van der Waals surface area contributed by atoms with Gasteiger partial charge in [-0.25, -0.2) is 0 Å². The summed E-state index contributed by atoms with van der Waals surface area (Å²) in [6, 6.07) is 5.07. The van der Waals surface area contributed by atoms with E-state index in [4.69, 9.17) is 4.74 Å². The minimum Gasteiger partial charge on any atom is -0.465 e. The first-order valence-electron chi connectivity index (χ1n) is 8.42. The maximum atomic E-state index is 13.8. The van der Waals surface area contributed by atoms with E-state index in [1.165, 1.54) is 23.4 Å². The highest BCUT2D eigenvalue weighted by atomic mass is 19.4. The molecule has 1 aliphatic heterocycles. The van der Waals surface area contributed by atoms with Crippen molar-refractivity contribution in [1.29, 1.82) is 5.26 Å². The van der Waals surface area contributed by atoms with Gasteiger partial charge in [-0.15, -0.1) is 0 Å². The topological polar surface area (TPSA) is 79.1 Å². The number of rotatable bonds is 3. The lowest BCUT2D eigenvalue weighted by Crippen LogP contribution is -2.35. The molecule has 2 fully saturated rings. The molecule has 2 unspecified atom stereocenters. The zero-order valence-electron chi connectivity index (χ0n) is 14.4. The van der Waals surface area contributed by atoms with Crippen molar-refractivity contribution in [3.63, 3.8) is 0 Å². The molecule has 140 valence electrons. The largest absolute Gasteiger partial charge is 0.465 e. The molecule has 1 saturated carbocycles. The predicted octanol–water partition coefficient (Wildman–Crippen LogP) is 2.82. The Balaban J connectivity index is 1.79. The van der Waals surface area contributed by atoms with Gasteiger partial charge in [0.05, 0.1) is 17.9 Å². The van der Waals surface area contributed by atoms with E-state index in [9.17, 15) is 23.2 Å². The molecular weight excluding hydrogens is 361 g/mol. The van der Waals surface area contributed by atoms with E-state index in [0.29, 0.717) is 16.7 Å². The number of aromatic nitrogens is 2. The number of anilines is 1. The van der Waals surface area contributed by atoms with E-state index in [2.05, 4.69) is 9.97 Å². The van der Waals surface area contributed by atoms with Gasteiger partial charge in [-0.1, -0.05) is 0 Å². The van der Waals surface area contributed by atoms with E-state index < -0.39 is 23.0 Å². The van der Waals surface area contributed by atoms with E-state index in [-0.39, 0.29) is 31.7 Å². The van der Waals surface area contributed by atoms with Crippen LogP contribution >= 0.6 is 0 Å². The third-order valence-electron chi connectivity index (χ3n) is 5.59. The van der Waals surface area contributed by atoms with Crippen LogP contribution in [0, 0.1) is 22.2 Å². The molecule has 0 radical (unpaired) electrons. The Kier molecular flexibility index (Phi) is 3.60. The number of alkyl halides is 3. The van der Waals surface area contributed by atoms with Crippen LogP contribution in [-0.2, 0) is 9.53 Å². The van der Waals surface area contributed by atoms with Gasteiger partial charge >= 0.3 is 12.1 Å². The monoisotopic (exact) mass is 376 g/mol. The van der Waals surface area contributed by atoms with Crippen LogP contribution in [0.5, 0.6) is 0 Å². The first-order valence-corrected chi connectivity index (χ1v) is 8.42. The van der Waals surface area contributed by atoms with Crippen molar-refractivity contribution in [3.8, 4) is 6.07 Å². The van der Waals surface area contributed by atoms with Crippen molar-refractivity contribution < 1.29 is 22.7 Å². The number of carbonyl (C=O) groups is 1. The van der Waals surface area contributed by atoms with Gasteiger partial charge in [-0.3, -0.25) is 14.8 Å². The van der Waals surface area contributed by atoms with Gasteiger partial charge in [0, 0.05) is 25.5 Å². The van der Waals surface area contributed by atoms with Crippen LogP contribution in [0.4, 0.5) is 18.9 Å². The first kappa shape index (κ1) is 17.5. The number of fused-ring (bicyclic) bond motifs is 2. The number of halogens is 3. The Hall–Kier alpha value is -2.89. The molecule has 0 amide bonds. The third kappa shape index (κ3) is 2.22. The summed E-state index contributed by atoms with van der Waals surface area (Å²) in [5.74, 6) is -0.811. The summed E-state index contributed by atoms with van der Waals surface area (Å²) in [4.78, 5) is 22.2. The molecule has 2 aliphatic rings. The van der Waals surface area contributed by atoms with Gasteiger partial charge in [0.1, 0.15) is 27.9 Å². The molecule has 6 nitrogen and oxygen atoms in total. The minimum absolute atomic E-state index is 0.0276. The lowest BCUT2D eigenvalue weighted by molar-refractivity contribution is -0.195. The third-order valence-corrected chi connectivity index (χ3v) is 5.59. The van der Waals surface area contributed by atoms with Crippen LogP contribution in [0.1, 0.15) is 18.9 Å². The lowest BCUT2D eigenvalue weighted by atomic mass is 9.96. The summed E-state index contributed by atoms with van der Waals surface area (Å²) in [6.45, 7) is 1.14. The van der Waals surface area contributed by atoms with Crippen molar-refractivity contribution in [2.24, 2.45) is 10.8 Å². The van der Waals surface area contributed by atoms with E-state index in [0.717, 1.165) is 0 Å². The van der Waals surface area contributed by atoms with Gasteiger partial charge in [-0.2, -0.15) is 18.4 Å². The number of hydrogen-bond donors (Lipinski definition) is 0. The maximum Gasteiger partial charge on any atom is 0.397 e. The van der Waals surface area contributed by atoms with Crippen LogP contribution in [0.3, 0.4) is 0 Å². The van der Waals surface area contributed by atoms with Crippen molar-refractivity contribution in [3.05, 3.63) is 30.1 Å². The van der Waals surface area contributed by atoms with Crippen molar-refractivity contribution in [2.45, 2.75) is 19.5 Å². The SMILES string of the molecule is CCOC(=O)C12CN(c3ccc(C#N)c4nccnc34)CC1(C(F)(F)F)C2. The second kappa shape index (κ2) is 5.55. The highest BCUT2D eigenvalue weighted by Gasteiger charge is 2.87. The Labute approximate surface area is 152 Å². The summed E-state index contributed by atoms with van der Waals surface area (Å²) >= 11 is 0. The van der Waals surface area contributed by atoms with Crippen molar-refractivity contribution in [1.82, 2.24) is 9.97 Å². The second-order valence-electron chi connectivity index (χ2n) is 6.91. The molecule has 0 spiro atoms. The number of carbonyl (C=O) groups excluding carboxylic acids is 1. The molecule has 1 aromatic heterocycles. The molecular formula is C18H15F3N4O2. The highest BCUT2D eigenvalue weighted by Crippen LogP contribution is 2.75. The highest BCUT2D eigenvalue weighted by molar-refractivity contribution is 5.93. The molecule has 27 heavy (non-hydrogen) atoms. The average Bonchev–Trinajstić information content (AvgIpc) is 3.19. The van der Waals surface area contributed by atoms with Crippen LogP contribution in [0.25, 0.3) is 11.0 Å². The lowest BCUT2D eigenvalue weighted by Gasteiger charge is -2.25. The normalized spacial score (nSPS) is 26.6. The van der Waals surface area contributed by atoms with E-state index >= 15 is 0 Å². The number of nitriles is 1. The molecule has 2 heterocycles. The molecule has 1 saturated heterocycles. The van der Waals surface area contributed by atoms with Crippen LogP contribution in [0.2, 0.25) is 0 Å². The minimum atomic E-state index is -4.53. The number of benzene rings is 1. The predicted molar refractivity (Wildman–Crippen MR) is 88.6 cm³/mol. The summed E-state index contributed by atoms with van der Waals surface area (Å²) in [7, 11) is 0. The molecule has 1 aliphatic carbocycles. The first-order chi connectivity index (χ1) is 12.8. The Morgan fingerprint density at radius 2 is 2.00 bits per heavy atom. The van der Waals surface area contributed by atoms with Gasteiger partial charge in [0.2, 0.25) is 0 Å². The molecule has 4 rings (SSSR count). The summed E-state index contributed by atoms with van der Waals surface area (Å²) in [6.07, 6.45) is -1.95. The Bertz CT molecular complexity index is 987. The van der Waals surface area contributed by atoms with Gasteiger partial charge in [0.15, 0.2) is 0 Å². The number of piperidine rings is 1. The average molecular weight is 376 g/mol.